The fraction of sp³-hybridized carbons (Fsp3) is 0.267. The smallest absolute Gasteiger partial charge is 0.165 e. The van der Waals surface area contributed by atoms with Gasteiger partial charge in [-0.3, -0.25) is 0 Å². The first-order valence-electron chi connectivity index (χ1n) is 6.00. The SMILES string of the molecule is COc1cccc(CN2C=CC=CC2C#N)c1OC. The number of benzene rings is 1. The Labute approximate surface area is 113 Å². The lowest BCUT2D eigenvalue weighted by atomic mass is 10.1. The zero-order chi connectivity index (χ0) is 13.7. The third-order valence-electron chi connectivity index (χ3n) is 3.01. The molecule has 0 aromatic heterocycles. The maximum absolute atomic E-state index is 9.13. The minimum absolute atomic E-state index is 0.249. The van der Waals surface area contributed by atoms with Crippen molar-refractivity contribution in [1.82, 2.24) is 4.90 Å². The summed E-state index contributed by atoms with van der Waals surface area (Å²) in [6.07, 6.45) is 7.58. The number of ether oxygens (including phenoxy) is 2. The van der Waals surface area contributed by atoms with Crippen LogP contribution in [0.15, 0.2) is 42.6 Å². The van der Waals surface area contributed by atoms with Gasteiger partial charge in [0.15, 0.2) is 11.5 Å². The van der Waals surface area contributed by atoms with Gasteiger partial charge in [-0.25, -0.2) is 0 Å². The summed E-state index contributed by atoms with van der Waals surface area (Å²) in [6.45, 7) is 0.597. The first-order valence-corrected chi connectivity index (χ1v) is 6.00. The van der Waals surface area contributed by atoms with Crippen LogP contribution >= 0.6 is 0 Å². The van der Waals surface area contributed by atoms with Gasteiger partial charge in [0.05, 0.1) is 20.3 Å². The van der Waals surface area contributed by atoms with E-state index in [1.54, 1.807) is 14.2 Å². The van der Waals surface area contributed by atoms with E-state index >= 15 is 0 Å². The maximum Gasteiger partial charge on any atom is 0.165 e. The van der Waals surface area contributed by atoms with Gasteiger partial charge in [0.25, 0.3) is 0 Å². The number of rotatable bonds is 4. The topological polar surface area (TPSA) is 45.5 Å². The van der Waals surface area contributed by atoms with Crippen LogP contribution in [0.1, 0.15) is 5.56 Å². The van der Waals surface area contributed by atoms with Crippen LogP contribution in [0.5, 0.6) is 11.5 Å². The minimum Gasteiger partial charge on any atom is -0.493 e. The Morgan fingerprint density at radius 2 is 2.11 bits per heavy atom. The molecule has 0 fully saturated rings. The van der Waals surface area contributed by atoms with E-state index in [4.69, 9.17) is 14.7 Å². The van der Waals surface area contributed by atoms with Gasteiger partial charge >= 0.3 is 0 Å². The molecule has 1 unspecified atom stereocenters. The summed E-state index contributed by atoms with van der Waals surface area (Å²) >= 11 is 0. The largest absolute Gasteiger partial charge is 0.493 e. The number of methoxy groups -OCH3 is 2. The first-order chi connectivity index (χ1) is 9.30. The van der Waals surface area contributed by atoms with Crippen LogP contribution in [-0.2, 0) is 6.54 Å². The van der Waals surface area contributed by atoms with Crippen molar-refractivity contribution in [3.05, 3.63) is 48.2 Å². The highest BCUT2D eigenvalue weighted by atomic mass is 16.5. The normalized spacial score (nSPS) is 17.1. The second-order valence-electron chi connectivity index (χ2n) is 4.13. The van der Waals surface area contributed by atoms with Gasteiger partial charge < -0.3 is 14.4 Å². The van der Waals surface area contributed by atoms with E-state index in [0.717, 1.165) is 5.56 Å². The quantitative estimate of drug-likeness (QED) is 0.830. The van der Waals surface area contributed by atoms with Crippen LogP contribution in [-0.4, -0.2) is 25.2 Å². The van der Waals surface area contributed by atoms with E-state index in [9.17, 15) is 0 Å². The summed E-state index contributed by atoms with van der Waals surface area (Å²) < 4.78 is 10.7. The third-order valence-corrected chi connectivity index (χ3v) is 3.01. The maximum atomic E-state index is 9.13. The number of hydrogen-bond acceptors (Lipinski definition) is 4. The van der Waals surface area contributed by atoms with Crippen LogP contribution in [0.3, 0.4) is 0 Å². The van der Waals surface area contributed by atoms with Crippen molar-refractivity contribution in [3.8, 4) is 17.6 Å². The molecule has 0 amide bonds. The molecule has 0 radical (unpaired) electrons. The molecule has 4 heteroatoms. The van der Waals surface area contributed by atoms with Crippen LogP contribution in [0.2, 0.25) is 0 Å². The van der Waals surface area contributed by atoms with Crippen LogP contribution < -0.4 is 9.47 Å². The average molecular weight is 256 g/mol. The van der Waals surface area contributed by atoms with Gasteiger partial charge in [-0.15, -0.1) is 0 Å². The van der Waals surface area contributed by atoms with Crippen molar-refractivity contribution < 1.29 is 9.47 Å². The van der Waals surface area contributed by atoms with Crippen LogP contribution in [0, 0.1) is 11.3 Å². The van der Waals surface area contributed by atoms with Crippen molar-refractivity contribution in [2.24, 2.45) is 0 Å². The zero-order valence-electron chi connectivity index (χ0n) is 11.0. The molecule has 0 saturated heterocycles. The van der Waals surface area contributed by atoms with Gasteiger partial charge in [0.1, 0.15) is 6.04 Å². The van der Waals surface area contributed by atoms with E-state index in [1.807, 2.05) is 47.5 Å². The average Bonchev–Trinajstić information content (AvgIpc) is 2.47. The molecule has 0 bridgehead atoms. The van der Waals surface area contributed by atoms with E-state index in [-0.39, 0.29) is 6.04 Å². The molecule has 0 spiro atoms. The Morgan fingerprint density at radius 1 is 1.26 bits per heavy atom. The van der Waals surface area contributed by atoms with Gasteiger partial charge in [-0.1, -0.05) is 18.2 Å². The van der Waals surface area contributed by atoms with Gasteiger partial charge in [0.2, 0.25) is 0 Å². The summed E-state index contributed by atoms with van der Waals surface area (Å²) in [4.78, 5) is 1.96. The first kappa shape index (κ1) is 13.0. The number of para-hydroxylation sites is 1. The lowest BCUT2D eigenvalue weighted by molar-refractivity contribution is 0.325. The Bertz CT molecular complexity index is 544. The van der Waals surface area contributed by atoms with E-state index in [0.29, 0.717) is 18.0 Å². The molecule has 1 atom stereocenters. The molecule has 98 valence electrons. The number of hydrogen-bond donors (Lipinski definition) is 0. The second-order valence-corrected chi connectivity index (χ2v) is 4.13. The molecular weight excluding hydrogens is 240 g/mol. The van der Waals surface area contributed by atoms with E-state index in [1.165, 1.54) is 0 Å². The molecule has 1 heterocycles. The second kappa shape index (κ2) is 5.96. The summed E-state index contributed by atoms with van der Waals surface area (Å²) in [6, 6.07) is 7.76. The number of nitrogens with zero attached hydrogens (tertiary/aromatic N) is 2. The molecular formula is C15H16N2O2. The Kier molecular flexibility index (Phi) is 4.09. The lowest BCUT2D eigenvalue weighted by Crippen LogP contribution is -2.28. The molecule has 4 nitrogen and oxygen atoms in total. The van der Waals surface area contributed by atoms with Crippen LogP contribution in [0.25, 0.3) is 0 Å². The molecule has 0 saturated carbocycles. The summed E-state index contributed by atoms with van der Waals surface area (Å²) in [5, 5.41) is 9.13. The third kappa shape index (κ3) is 2.71. The fourth-order valence-electron chi connectivity index (χ4n) is 2.08. The highest BCUT2D eigenvalue weighted by Crippen LogP contribution is 2.32. The van der Waals surface area contributed by atoms with Gasteiger partial charge in [-0.2, -0.15) is 5.26 Å². The van der Waals surface area contributed by atoms with Crippen molar-refractivity contribution in [3.63, 3.8) is 0 Å². The standard InChI is InChI=1S/C15H16N2O2/c1-18-14-8-5-6-12(15(14)19-2)11-17-9-4-3-7-13(17)10-16/h3-9,13H,11H2,1-2H3. The molecule has 1 aromatic rings. The summed E-state index contributed by atoms with van der Waals surface area (Å²) in [7, 11) is 3.23. The Hall–Kier alpha value is -2.41. The van der Waals surface area contributed by atoms with Gasteiger partial charge in [-0.05, 0) is 18.2 Å². The molecule has 1 aliphatic rings. The fourth-order valence-corrected chi connectivity index (χ4v) is 2.08. The molecule has 1 aliphatic heterocycles. The Balaban J connectivity index is 2.26. The van der Waals surface area contributed by atoms with Crippen molar-refractivity contribution in [1.29, 1.82) is 5.26 Å². The Morgan fingerprint density at radius 3 is 2.79 bits per heavy atom. The predicted octanol–water partition coefficient (Wildman–Crippen LogP) is 2.48. The predicted molar refractivity (Wildman–Crippen MR) is 72.8 cm³/mol. The monoisotopic (exact) mass is 256 g/mol. The molecule has 0 N–H and O–H groups in total. The molecule has 2 rings (SSSR count). The van der Waals surface area contributed by atoms with E-state index in [2.05, 4.69) is 6.07 Å². The molecule has 19 heavy (non-hydrogen) atoms. The summed E-state index contributed by atoms with van der Waals surface area (Å²) in [5.74, 6) is 1.41. The highest BCUT2D eigenvalue weighted by Gasteiger charge is 2.17. The number of nitriles is 1. The highest BCUT2D eigenvalue weighted by molar-refractivity contribution is 5.46. The van der Waals surface area contributed by atoms with Crippen molar-refractivity contribution in [2.45, 2.75) is 12.6 Å². The number of allylic oxidation sites excluding steroid dienone is 2. The van der Waals surface area contributed by atoms with Gasteiger partial charge in [0, 0.05) is 18.3 Å². The van der Waals surface area contributed by atoms with Crippen molar-refractivity contribution in [2.75, 3.05) is 14.2 Å². The zero-order valence-corrected chi connectivity index (χ0v) is 11.0. The molecule has 0 aliphatic carbocycles. The van der Waals surface area contributed by atoms with E-state index < -0.39 is 0 Å². The molecule has 1 aromatic carbocycles. The lowest BCUT2D eigenvalue weighted by Gasteiger charge is -2.26. The van der Waals surface area contributed by atoms with Crippen molar-refractivity contribution >= 4 is 0 Å². The minimum atomic E-state index is -0.249. The summed E-state index contributed by atoms with van der Waals surface area (Å²) in [5.41, 5.74) is 0.988. The van der Waals surface area contributed by atoms with Crippen LogP contribution in [0.4, 0.5) is 0 Å².